The quantitative estimate of drug-likeness (QED) is 0.316. The Balaban J connectivity index is 1.57. The summed E-state index contributed by atoms with van der Waals surface area (Å²) in [6, 6.07) is 4.21. The Morgan fingerprint density at radius 2 is 2.03 bits per heavy atom. The summed E-state index contributed by atoms with van der Waals surface area (Å²) in [5, 5.41) is 20.5. The molecule has 2 saturated carbocycles. The fourth-order valence-electron chi connectivity index (χ4n) is 7.29. The maximum Gasteiger partial charge on any atom is 0.238 e. The van der Waals surface area contributed by atoms with Crippen molar-refractivity contribution in [2.45, 2.75) is 81.0 Å². The van der Waals surface area contributed by atoms with Gasteiger partial charge in [0.25, 0.3) is 0 Å². The van der Waals surface area contributed by atoms with E-state index < -0.39 is 29.7 Å². The molecule has 3 fully saturated rings. The molecule has 1 saturated heterocycles. The van der Waals surface area contributed by atoms with E-state index in [0.717, 1.165) is 37.7 Å². The third kappa shape index (κ3) is 5.31. The Morgan fingerprint density at radius 3 is 2.69 bits per heavy atom. The summed E-state index contributed by atoms with van der Waals surface area (Å²) in [7, 11) is 0. The Labute approximate surface area is 239 Å². The minimum atomic E-state index is -1.09. The van der Waals surface area contributed by atoms with Crippen LogP contribution in [0, 0.1) is 11.8 Å². The van der Waals surface area contributed by atoms with Crippen LogP contribution < -0.4 is 16.0 Å². The van der Waals surface area contributed by atoms with Crippen molar-refractivity contribution in [3.63, 3.8) is 0 Å². The largest absolute Gasteiger partial charge is 0.390 e. The number of halogens is 3. The Morgan fingerprint density at radius 1 is 1.31 bits per heavy atom. The van der Waals surface area contributed by atoms with Crippen LogP contribution in [0.2, 0.25) is 5.02 Å². The lowest BCUT2D eigenvalue weighted by Crippen LogP contribution is -2.57. The number of alkyl halides is 1. The van der Waals surface area contributed by atoms with Gasteiger partial charge in [0.1, 0.15) is 12.1 Å². The van der Waals surface area contributed by atoms with Crippen molar-refractivity contribution in [3.05, 3.63) is 64.2 Å². The third-order valence-corrected chi connectivity index (χ3v) is 9.43. The SMILES string of the molecule is C=C(/C=C\C=C(\Cl)CF)[C@H]1[C@H](C(=O)N[C@H]2C[C@@](C)(O)C2)N[C@H](CC2CCCC2)[C@]12C(=O)Nc1cc(Cl)ccc12. The van der Waals surface area contributed by atoms with Gasteiger partial charge in [-0.2, -0.15) is 0 Å². The number of rotatable bonds is 8. The van der Waals surface area contributed by atoms with E-state index in [1.54, 1.807) is 31.2 Å². The smallest absolute Gasteiger partial charge is 0.238 e. The summed E-state index contributed by atoms with van der Waals surface area (Å²) in [6.07, 6.45) is 11.0. The zero-order valence-corrected chi connectivity index (χ0v) is 23.6. The summed E-state index contributed by atoms with van der Waals surface area (Å²) in [6.45, 7) is 5.29. The molecule has 4 N–H and O–H groups in total. The van der Waals surface area contributed by atoms with E-state index in [2.05, 4.69) is 22.5 Å². The van der Waals surface area contributed by atoms with Crippen LogP contribution in [0.3, 0.4) is 0 Å². The highest BCUT2D eigenvalue weighted by Gasteiger charge is 2.65. The molecule has 2 heterocycles. The van der Waals surface area contributed by atoms with Gasteiger partial charge < -0.3 is 21.1 Å². The molecule has 0 bridgehead atoms. The molecule has 2 amide bonds. The fourth-order valence-corrected chi connectivity index (χ4v) is 7.54. The number of benzene rings is 1. The predicted molar refractivity (Wildman–Crippen MR) is 153 cm³/mol. The molecular weight excluding hydrogens is 540 g/mol. The Kier molecular flexibility index (Phi) is 7.99. The molecular formula is C30H36Cl2FN3O3. The fraction of sp³-hybridized carbons (Fsp3) is 0.533. The summed E-state index contributed by atoms with van der Waals surface area (Å²) in [5.74, 6) is -0.589. The number of hydrogen-bond acceptors (Lipinski definition) is 4. The summed E-state index contributed by atoms with van der Waals surface area (Å²) >= 11 is 12.2. The first-order valence-corrected chi connectivity index (χ1v) is 14.5. The molecule has 1 aromatic carbocycles. The number of fused-ring (bicyclic) bond motifs is 2. The molecule has 2 aliphatic heterocycles. The van der Waals surface area contributed by atoms with Gasteiger partial charge in [-0.1, -0.05) is 73.7 Å². The second-order valence-corrected chi connectivity index (χ2v) is 12.8. The van der Waals surface area contributed by atoms with E-state index in [9.17, 15) is 19.1 Å². The maximum atomic E-state index is 14.1. The first-order chi connectivity index (χ1) is 18.5. The molecule has 0 unspecified atom stereocenters. The van der Waals surface area contributed by atoms with E-state index in [1.165, 1.54) is 6.08 Å². The summed E-state index contributed by atoms with van der Waals surface area (Å²) in [5.41, 5.74) is 0.125. The highest BCUT2D eigenvalue weighted by molar-refractivity contribution is 6.31. The molecule has 4 atom stereocenters. The first kappa shape index (κ1) is 28.3. The van der Waals surface area contributed by atoms with E-state index in [4.69, 9.17) is 23.2 Å². The van der Waals surface area contributed by atoms with Gasteiger partial charge >= 0.3 is 0 Å². The molecule has 9 heteroatoms. The molecule has 5 rings (SSSR count). The van der Waals surface area contributed by atoms with Gasteiger partial charge in [-0.05, 0) is 61.4 Å². The molecule has 6 nitrogen and oxygen atoms in total. The molecule has 2 aliphatic carbocycles. The molecule has 4 aliphatic rings. The van der Waals surface area contributed by atoms with Crippen molar-refractivity contribution in [2.24, 2.45) is 11.8 Å². The van der Waals surface area contributed by atoms with Gasteiger partial charge in [-0.15, -0.1) is 0 Å². The minimum absolute atomic E-state index is 0.0438. The van der Waals surface area contributed by atoms with Gasteiger partial charge in [-0.25, -0.2) is 4.39 Å². The van der Waals surface area contributed by atoms with Crippen LogP contribution in [-0.4, -0.2) is 47.3 Å². The second kappa shape index (κ2) is 11.0. The number of nitrogens with one attached hydrogen (secondary N) is 3. The number of hydrogen-bond donors (Lipinski definition) is 4. The number of carbonyl (C=O) groups excluding carboxylic acids is 2. The van der Waals surface area contributed by atoms with Crippen molar-refractivity contribution in [1.29, 1.82) is 0 Å². The topological polar surface area (TPSA) is 90.5 Å². The van der Waals surface area contributed by atoms with Crippen LogP contribution in [0.25, 0.3) is 0 Å². The third-order valence-electron chi connectivity index (χ3n) is 8.96. The normalized spacial score (nSPS) is 34.4. The minimum Gasteiger partial charge on any atom is -0.390 e. The molecule has 39 heavy (non-hydrogen) atoms. The number of carbonyl (C=O) groups is 2. The van der Waals surface area contributed by atoms with Crippen molar-refractivity contribution >= 4 is 40.7 Å². The van der Waals surface area contributed by atoms with Gasteiger partial charge in [0.2, 0.25) is 11.8 Å². The number of allylic oxidation sites excluding steroid dienone is 4. The second-order valence-electron chi connectivity index (χ2n) is 11.9. The van der Waals surface area contributed by atoms with Crippen molar-refractivity contribution < 1.29 is 19.1 Å². The molecule has 0 radical (unpaired) electrons. The average molecular weight is 577 g/mol. The first-order valence-electron chi connectivity index (χ1n) is 13.7. The van der Waals surface area contributed by atoms with Gasteiger partial charge in [0, 0.05) is 33.7 Å². The zero-order chi connectivity index (χ0) is 27.9. The van der Waals surface area contributed by atoms with E-state index >= 15 is 0 Å². The van der Waals surface area contributed by atoms with E-state index in [0.29, 0.717) is 35.0 Å². The van der Waals surface area contributed by atoms with Gasteiger partial charge in [0.05, 0.1) is 11.6 Å². The van der Waals surface area contributed by atoms with Crippen LogP contribution in [0.4, 0.5) is 10.1 Å². The van der Waals surface area contributed by atoms with Crippen molar-refractivity contribution in [3.8, 4) is 0 Å². The molecule has 1 aromatic rings. The Bertz CT molecular complexity index is 1220. The van der Waals surface area contributed by atoms with Crippen LogP contribution in [-0.2, 0) is 15.0 Å². The standard InChI is InChI=1S/C30H36Cl2FN3O3/c1-17(6-5-9-20(32)16-33)25-26(27(37)34-21-14-29(2,39)15-21)36-24(12-18-7-3-4-8-18)30(25)22-11-10-19(31)13-23(22)35-28(30)38/h5-6,9-11,13,18,21,24-26,36,39H,1,3-4,7-8,12,14-16H2,2H3,(H,34,37)(H,35,38)/b6-5-,20-9+/t21-,24-,25+,26-,29+,30+/m1/s1. The average Bonchev–Trinajstić information content (AvgIpc) is 3.56. The highest BCUT2D eigenvalue weighted by Crippen LogP contribution is 2.55. The zero-order valence-electron chi connectivity index (χ0n) is 22.1. The monoisotopic (exact) mass is 575 g/mol. The summed E-state index contributed by atoms with van der Waals surface area (Å²) in [4.78, 5) is 28.0. The van der Waals surface area contributed by atoms with Crippen LogP contribution >= 0.6 is 23.2 Å². The van der Waals surface area contributed by atoms with Gasteiger partial charge in [0.15, 0.2) is 0 Å². The van der Waals surface area contributed by atoms with E-state index in [1.807, 2.05) is 6.07 Å². The highest BCUT2D eigenvalue weighted by atomic mass is 35.5. The number of anilines is 1. The lowest BCUT2D eigenvalue weighted by molar-refractivity contribution is -0.127. The molecule has 0 aromatic heterocycles. The maximum absolute atomic E-state index is 14.1. The molecule has 1 spiro atoms. The van der Waals surface area contributed by atoms with Crippen molar-refractivity contribution in [1.82, 2.24) is 10.6 Å². The van der Waals surface area contributed by atoms with Crippen LogP contribution in [0.1, 0.15) is 57.4 Å². The van der Waals surface area contributed by atoms with Gasteiger partial charge in [-0.3, -0.25) is 9.59 Å². The van der Waals surface area contributed by atoms with E-state index in [-0.39, 0.29) is 28.9 Å². The Hall–Kier alpha value is -2.19. The van der Waals surface area contributed by atoms with Crippen LogP contribution in [0.5, 0.6) is 0 Å². The number of aliphatic hydroxyl groups is 1. The van der Waals surface area contributed by atoms with Crippen molar-refractivity contribution in [2.75, 3.05) is 12.0 Å². The lowest BCUT2D eigenvalue weighted by Gasteiger charge is -2.42. The molecule has 210 valence electrons. The lowest BCUT2D eigenvalue weighted by atomic mass is 9.63. The summed E-state index contributed by atoms with van der Waals surface area (Å²) < 4.78 is 12.9. The predicted octanol–water partition coefficient (Wildman–Crippen LogP) is 5.30. The number of amides is 2. The van der Waals surface area contributed by atoms with Crippen LogP contribution in [0.15, 0.2) is 53.6 Å².